The normalized spacial score (nSPS) is 17.3. The van der Waals surface area contributed by atoms with Crippen LogP contribution in [0.15, 0.2) is 29.3 Å². The number of aryl methyl sites for hydroxylation is 1. The first kappa shape index (κ1) is 16.6. The molecule has 0 unspecified atom stereocenters. The first-order valence-corrected chi connectivity index (χ1v) is 8.44. The fraction of sp³-hybridized carbons (Fsp3) is 0.500. The lowest BCUT2D eigenvalue weighted by atomic mass is 10.1. The number of carbonyl (C=O) groups is 1. The third-order valence-corrected chi connectivity index (χ3v) is 4.54. The predicted octanol–water partition coefficient (Wildman–Crippen LogP) is 1.73. The van der Waals surface area contributed by atoms with Crippen LogP contribution in [0.4, 0.5) is 0 Å². The molecule has 0 bridgehead atoms. The molecule has 1 fully saturated rings. The van der Waals surface area contributed by atoms with Crippen molar-refractivity contribution < 1.29 is 9.53 Å². The quantitative estimate of drug-likeness (QED) is 0.838. The molecule has 6 nitrogen and oxygen atoms in total. The minimum Gasteiger partial charge on any atom is -0.376 e. The zero-order valence-electron chi connectivity index (χ0n) is 14.2. The van der Waals surface area contributed by atoms with Gasteiger partial charge in [0.2, 0.25) is 5.91 Å². The Balaban J connectivity index is 1.79. The second-order valence-electron chi connectivity index (χ2n) is 6.22. The number of carbonyl (C=O) groups excluding carboxylic acids is 1. The Morgan fingerprint density at radius 3 is 3.00 bits per heavy atom. The SMILES string of the molecule is CCN(C[C@H]1CCCO1)C(=O)Cn1cnc2c(C)cccc2c1=O. The first-order valence-electron chi connectivity index (χ1n) is 8.44. The topological polar surface area (TPSA) is 64.4 Å². The largest absolute Gasteiger partial charge is 0.376 e. The summed E-state index contributed by atoms with van der Waals surface area (Å²) < 4.78 is 7.00. The molecule has 1 aliphatic rings. The number of para-hydroxylation sites is 1. The van der Waals surface area contributed by atoms with Crippen molar-refractivity contribution in [3.05, 3.63) is 40.4 Å². The van der Waals surface area contributed by atoms with Crippen LogP contribution in [0.3, 0.4) is 0 Å². The highest BCUT2D eigenvalue weighted by atomic mass is 16.5. The summed E-state index contributed by atoms with van der Waals surface area (Å²) in [6, 6.07) is 5.51. The number of fused-ring (bicyclic) bond motifs is 1. The fourth-order valence-electron chi connectivity index (χ4n) is 3.14. The summed E-state index contributed by atoms with van der Waals surface area (Å²) in [7, 11) is 0. The molecule has 1 amide bonds. The lowest BCUT2D eigenvalue weighted by Gasteiger charge is -2.24. The molecular weight excluding hydrogens is 306 g/mol. The highest BCUT2D eigenvalue weighted by Crippen LogP contribution is 2.14. The van der Waals surface area contributed by atoms with Gasteiger partial charge in [-0.1, -0.05) is 12.1 Å². The average Bonchev–Trinajstić information content (AvgIpc) is 3.09. The van der Waals surface area contributed by atoms with Gasteiger partial charge in [-0.3, -0.25) is 14.2 Å². The van der Waals surface area contributed by atoms with E-state index in [9.17, 15) is 9.59 Å². The van der Waals surface area contributed by atoms with Crippen molar-refractivity contribution in [2.75, 3.05) is 19.7 Å². The molecule has 0 saturated carbocycles. The van der Waals surface area contributed by atoms with E-state index >= 15 is 0 Å². The predicted molar refractivity (Wildman–Crippen MR) is 92.0 cm³/mol. The molecule has 128 valence electrons. The van der Waals surface area contributed by atoms with Crippen LogP contribution in [0.1, 0.15) is 25.3 Å². The van der Waals surface area contributed by atoms with Gasteiger partial charge in [-0.25, -0.2) is 4.98 Å². The second-order valence-corrected chi connectivity index (χ2v) is 6.22. The van der Waals surface area contributed by atoms with Gasteiger partial charge in [0, 0.05) is 19.7 Å². The summed E-state index contributed by atoms with van der Waals surface area (Å²) in [5.41, 5.74) is 1.47. The molecular formula is C18H23N3O3. The highest BCUT2D eigenvalue weighted by Gasteiger charge is 2.22. The lowest BCUT2D eigenvalue weighted by molar-refractivity contribution is -0.133. The van der Waals surface area contributed by atoms with E-state index in [0.717, 1.165) is 25.0 Å². The molecule has 0 spiro atoms. The van der Waals surface area contributed by atoms with Crippen LogP contribution in [0.25, 0.3) is 10.9 Å². The van der Waals surface area contributed by atoms with Gasteiger partial charge >= 0.3 is 0 Å². The van der Waals surface area contributed by atoms with Crippen LogP contribution in [-0.4, -0.2) is 46.2 Å². The van der Waals surface area contributed by atoms with Crippen LogP contribution < -0.4 is 5.56 Å². The van der Waals surface area contributed by atoms with Gasteiger partial charge in [0.1, 0.15) is 6.54 Å². The van der Waals surface area contributed by atoms with Gasteiger partial charge in [0.15, 0.2) is 0 Å². The number of ether oxygens (including phenoxy) is 1. The Bertz CT molecular complexity index is 794. The second kappa shape index (κ2) is 7.13. The Kier molecular flexibility index (Phi) is 4.94. The van der Waals surface area contributed by atoms with E-state index in [0.29, 0.717) is 24.0 Å². The molecule has 1 aromatic carbocycles. The van der Waals surface area contributed by atoms with E-state index in [-0.39, 0.29) is 24.1 Å². The molecule has 6 heteroatoms. The fourth-order valence-corrected chi connectivity index (χ4v) is 3.14. The van der Waals surface area contributed by atoms with Crippen molar-refractivity contribution in [1.82, 2.24) is 14.5 Å². The van der Waals surface area contributed by atoms with Crippen molar-refractivity contribution in [2.45, 2.75) is 39.3 Å². The molecule has 1 atom stereocenters. The van der Waals surface area contributed by atoms with Crippen LogP contribution >= 0.6 is 0 Å². The zero-order valence-corrected chi connectivity index (χ0v) is 14.2. The van der Waals surface area contributed by atoms with Crippen molar-refractivity contribution >= 4 is 16.8 Å². The van der Waals surface area contributed by atoms with Crippen molar-refractivity contribution in [3.63, 3.8) is 0 Å². The van der Waals surface area contributed by atoms with E-state index in [4.69, 9.17) is 4.74 Å². The molecule has 1 saturated heterocycles. The van der Waals surface area contributed by atoms with E-state index in [2.05, 4.69) is 4.98 Å². The molecule has 1 aromatic heterocycles. The number of rotatable bonds is 5. The Labute approximate surface area is 141 Å². The van der Waals surface area contributed by atoms with Gasteiger partial charge in [0.25, 0.3) is 5.56 Å². The number of amides is 1. The molecule has 0 N–H and O–H groups in total. The van der Waals surface area contributed by atoms with E-state index < -0.39 is 0 Å². The molecule has 1 aliphatic heterocycles. The number of likely N-dealkylation sites (N-methyl/N-ethyl adjacent to an activating group) is 1. The van der Waals surface area contributed by atoms with E-state index in [1.807, 2.05) is 26.0 Å². The summed E-state index contributed by atoms with van der Waals surface area (Å²) in [5, 5.41) is 0.549. The van der Waals surface area contributed by atoms with E-state index in [1.165, 1.54) is 10.9 Å². The summed E-state index contributed by atoms with van der Waals surface area (Å²) in [6.07, 6.45) is 3.61. The molecule has 0 aliphatic carbocycles. The number of hydrogen-bond donors (Lipinski definition) is 0. The van der Waals surface area contributed by atoms with Gasteiger partial charge in [-0.05, 0) is 38.3 Å². The minimum atomic E-state index is -0.176. The average molecular weight is 329 g/mol. The molecule has 3 rings (SSSR count). The third-order valence-electron chi connectivity index (χ3n) is 4.54. The van der Waals surface area contributed by atoms with Crippen LogP contribution in [0, 0.1) is 6.92 Å². The van der Waals surface area contributed by atoms with Crippen LogP contribution in [0.5, 0.6) is 0 Å². The van der Waals surface area contributed by atoms with Gasteiger partial charge in [-0.15, -0.1) is 0 Å². The number of benzene rings is 1. The third kappa shape index (κ3) is 3.33. The number of nitrogens with zero attached hydrogens (tertiary/aromatic N) is 3. The van der Waals surface area contributed by atoms with Gasteiger partial charge in [0.05, 0.1) is 23.3 Å². The summed E-state index contributed by atoms with van der Waals surface area (Å²) in [6.45, 7) is 5.83. The van der Waals surface area contributed by atoms with Gasteiger partial charge in [-0.2, -0.15) is 0 Å². The molecule has 2 heterocycles. The van der Waals surface area contributed by atoms with Crippen molar-refractivity contribution in [2.24, 2.45) is 0 Å². The zero-order chi connectivity index (χ0) is 17.1. The van der Waals surface area contributed by atoms with Crippen molar-refractivity contribution in [3.8, 4) is 0 Å². The summed E-state index contributed by atoms with van der Waals surface area (Å²) in [5.74, 6) is -0.0797. The first-order chi connectivity index (χ1) is 11.6. The maximum atomic E-state index is 12.6. The highest BCUT2D eigenvalue weighted by molar-refractivity contribution is 5.81. The van der Waals surface area contributed by atoms with Gasteiger partial charge < -0.3 is 9.64 Å². The Morgan fingerprint density at radius 2 is 2.29 bits per heavy atom. The maximum Gasteiger partial charge on any atom is 0.261 e. The number of hydrogen-bond acceptors (Lipinski definition) is 4. The molecule has 24 heavy (non-hydrogen) atoms. The minimum absolute atomic E-state index is 0.0102. The Hall–Kier alpha value is -2.21. The lowest BCUT2D eigenvalue weighted by Crippen LogP contribution is -2.40. The monoisotopic (exact) mass is 329 g/mol. The number of aromatic nitrogens is 2. The summed E-state index contributed by atoms with van der Waals surface area (Å²) in [4.78, 5) is 31.3. The van der Waals surface area contributed by atoms with Crippen molar-refractivity contribution in [1.29, 1.82) is 0 Å². The summed E-state index contributed by atoms with van der Waals surface area (Å²) >= 11 is 0. The standard InChI is InChI=1S/C18H23N3O3/c1-3-20(10-14-7-5-9-24-14)16(22)11-21-12-19-17-13(2)6-4-8-15(17)18(21)23/h4,6,8,12,14H,3,5,7,9-11H2,1-2H3/t14-/m1/s1. The molecule has 2 aromatic rings. The van der Waals surface area contributed by atoms with Crippen LogP contribution in [0.2, 0.25) is 0 Å². The molecule has 0 radical (unpaired) electrons. The smallest absolute Gasteiger partial charge is 0.261 e. The van der Waals surface area contributed by atoms with Crippen LogP contribution in [-0.2, 0) is 16.1 Å². The maximum absolute atomic E-state index is 12.6. The Morgan fingerprint density at radius 1 is 1.46 bits per heavy atom. The van der Waals surface area contributed by atoms with E-state index in [1.54, 1.807) is 11.0 Å².